The Kier molecular flexibility index (Phi) is 6.74. The van der Waals surface area contributed by atoms with Crippen molar-refractivity contribution < 1.29 is 22.8 Å². The zero-order chi connectivity index (χ0) is 19.0. The number of carbonyl (C=O) groups is 2. The van der Waals surface area contributed by atoms with Crippen LogP contribution in [0.25, 0.3) is 0 Å². The molecule has 0 saturated carbocycles. The summed E-state index contributed by atoms with van der Waals surface area (Å²) in [5.74, 6) is -0.735. The normalized spacial score (nSPS) is 11.2. The first kappa shape index (κ1) is 19.5. The number of hydrogen-bond donors (Lipinski definition) is 3. The monoisotopic (exact) mass is 365 g/mol. The molecule has 3 N–H and O–H groups in total. The fraction of sp³-hybridized carbons (Fsp3) is 0.222. The van der Waals surface area contributed by atoms with Crippen molar-refractivity contribution in [3.63, 3.8) is 0 Å². The standard InChI is InChI=1S/C18H18F3N3O2/c19-18(20,21)12-23-17(26)24-15(25)11-22-16(13-7-3-1-4-8-13)14-9-5-2-6-10-14/h1-10,16,22H,11-12H2,(H2,23,24,25,26). The molecule has 0 radical (unpaired) electrons. The minimum Gasteiger partial charge on any atom is -0.329 e. The summed E-state index contributed by atoms with van der Waals surface area (Å²) in [6.07, 6.45) is -4.54. The maximum Gasteiger partial charge on any atom is 0.405 e. The highest BCUT2D eigenvalue weighted by atomic mass is 19.4. The molecule has 2 rings (SSSR count). The Balaban J connectivity index is 1.95. The first-order valence-corrected chi connectivity index (χ1v) is 7.83. The fourth-order valence-electron chi connectivity index (χ4n) is 2.31. The van der Waals surface area contributed by atoms with Gasteiger partial charge in [-0.3, -0.25) is 15.4 Å². The van der Waals surface area contributed by atoms with E-state index >= 15 is 0 Å². The lowest BCUT2D eigenvalue weighted by molar-refractivity contribution is -0.124. The molecule has 0 unspecified atom stereocenters. The van der Waals surface area contributed by atoms with Gasteiger partial charge in [-0.15, -0.1) is 0 Å². The second-order valence-corrected chi connectivity index (χ2v) is 5.48. The number of rotatable bonds is 6. The van der Waals surface area contributed by atoms with Gasteiger partial charge in [-0.05, 0) is 11.1 Å². The molecular weight excluding hydrogens is 347 g/mol. The first-order chi connectivity index (χ1) is 12.3. The highest BCUT2D eigenvalue weighted by Gasteiger charge is 2.28. The van der Waals surface area contributed by atoms with E-state index in [-0.39, 0.29) is 12.6 Å². The van der Waals surface area contributed by atoms with E-state index < -0.39 is 24.7 Å². The second-order valence-electron chi connectivity index (χ2n) is 5.48. The molecule has 0 aliphatic carbocycles. The van der Waals surface area contributed by atoms with Gasteiger partial charge in [-0.25, -0.2) is 4.79 Å². The maximum absolute atomic E-state index is 12.0. The van der Waals surface area contributed by atoms with Crippen LogP contribution in [-0.2, 0) is 4.79 Å². The third-order valence-electron chi connectivity index (χ3n) is 3.43. The van der Waals surface area contributed by atoms with Crippen molar-refractivity contribution in [2.75, 3.05) is 13.1 Å². The van der Waals surface area contributed by atoms with Gasteiger partial charge in [0.05, 0.1) is 12.6 Å². The Morgan fingerprint density at radius 2 is 1.38 bits per heavy atom. The largest absolute Gasteiger partial charge is 0.405 e. The zero-order valence-corrected chi connectivity index (χ0v) is 13.7. The van der Waals surface area contributed by atoms with Crippen LogP contribution >= 0.6 is 0 Å². The smallest absolute Gasteiger partial charge is 0.329 e. The van der Waals surface area contributed by atoms with Gasteiger partial charge in [0.1, 0.15) is 6.54 Å². The molecule has 0 heterocycles. The van der Waals surface area contributed by atoms with Crippen LogP contribution in [0.5, 0.6) is 0 Å². The highest BCUT2D eigenvalue weighted by Crippen LogP contribution is 2.21. The van der Waals surface area contributed by atoms with Gasteiger partial charge in [-0.2, -0.15) is 13.2 Å². The fourth-order valence-corrected chi connectivity index (χ4v) is 2.31. The molecule has 5 nitrogen and oxygen atoms in total. The summed E-state index contributed by atoms with van der Waals surface area (Å²) in [5, 5.41) is 6.46. The summed E-state index contributed by atoms with van der Waals surface area (Å²) in [5.41, 5.74) is 1.82. The number of amides is 3. The lowest BCUT2D eigenvalue weighted by atomic mass is 9.99. The Hall–Kier alpha value is -2.87. The number of hydrogen-bond acceptors (Lipinski definition) is 3. The number of halogens is 3. The molecule has 0 aliphatic heterocycles. The first-order valence-electron chi connectivity index (χ1n) is 7.83. The van der Waals surface area contributed by atoms with E-state index in [4.69, 9.17) is 0 Å². The van der Waals surface area contributed by atoms with Crippen molar-refractivity contribution in [3.05, 3.63) is 71.8 Å². The predicted octanol–water partition coefficient (Wildman–Crippen LogP) is 2.75. The van der Waals surface area contributed by atoms with E-state index in [1.807, 2.05) is 66.0 Å². The van der Waals surface area contributed by atoms with Gasteiger partial charge < -0.3 is 5.32 Å². The summed E-state index contributed by atoms with van der Waals surface area (Å²) < 4.78 is 36.1. The number of nitrogens with one attached hydrogen (secondary N) is 3. The van der Waals surface area contributed by atoms with Crippen molar-refractivity contribution in [1.29, 1.82) is 0 Å². The van der Waals surface area contributed by atoms with Crippen molar-refractivity contribution >= 4 is 11.9 Å². The lowest BCUT2D eigenvalue weighted by Gasteiger charge is -2.19. The molecule has 0 fully saturated rings. The molecular formula is C18H18F3N3O2. The number of alkyl halides is 3. The van der Waals surface area contributed by atoms with Crippen molar-refractivity contribution in [1.82, 2.24) is 16.0 Å². The van der Waals surface area contributed by atoms with Crippen molar-refractivity contribution in [3.8, 4) is 0 Å². The molecule has 2 aromatic rings. The Bertz CT molecular complexity index is 682. The summed E-state index contributed by atoms with van der Waals surface area (Å²) in [6.45, 7) is -1.75. The number of urea groups is 1. The topological polar surface area (TPSA) is 70.2 Å². The molecule has 3 amide bonds. The molecule has 0 atom stereocenters. The quantitative estimate of drug-likeness (QED) is 0.737. The number of carbonyl (C=O) groups excluding carboxylic acids is 2. The minimum atomic E-state index is -4.54. The van der Waals surface area contributed by atoms with E-state index in [1.54, 1.807) is 5.32 Å². The van der Waals surface area contributed by atoms with Gasteiger partial charge >= 0.3 is 12.2 Å². The van der Waals surface area contributed by atoms with E-state index in [0.717, 1.165) is 11.1 Å². The van der Waals surface area contributed by atoms with Gasteiger partial charge in [0.2, 0.25) is 5.91 Å². The molecule has 138 valence electrons. The predicted molar refractivity (Wildman–Crippen MR) is 90.3 cm³/mol. The molecule has 0 spiro atoms. The van der Waals surface area contributed by atoms with Gasteiger partial charge in [0.15, 0.2) is 0 Å². The van der Waals surface area contributed by atoms with Crippen LogP contribution < -0.4 is 16.0 Å². The lowest BCUT2D eigenvalue weighted by Crippen LogP contribution is -2.46. The third kappa shape index (κ3) is 6.56. The summed E-state index contributed by atoms with van der Waals surface area (Å²) >= 11 is 0. The molecule has 2 aromatic carbocycles. The Labute approximate surface area is 148 Å². The maximum atomic E-state index is 12.0. The van der Waals surface area contributed by atoms with Gasteiger partial charge in [0, 0.05) is 0 Å². The van der Waals surface area contributed by atoms with E-state index in [9.17, 15) is 22.8 Å². The van der Waals surface area contributed by atoms with Crippen LogP contribution in [0.2, 0.25) is 0 Å². The molecule has 0 saturated heterocycles. The Morgan fingerprint density at radius 3 is 1.85 bits per heavy atom. The summed E-state index contributed by atoms with van der Waals surface area (Å²) in [4.78, 5) is 23.1. The number of benzene rings is 2. The third-order valence-corrected chi connectivity index (χ3v) is 3.43. The average Bonchev–Trinajstić information content (AvgIpc) is 2.61. The summed E-state index contributed by atoms with van der Waals surface area (Å²) in [7, 11) is 0. The summed E-state index contributed by atoms with van der Waals surface area (Å²) in [6, 6.07) is 17.2. The molecule has 0 aromatic heterocycles. The second kappa shape index (κ2) is 9.00. The highest BCUT2D eigenvalue weighted by molar-refractivity contribution is 5.95. The van der Waals surface area contributed by atoms with E-state index in [1.165, 1.54) is 0 Å². The van der Waals surface area contributed by atoms with Crippen LogP contribution in [-0.4, -0.2) is 31.2 Å². The van der Waals surface area contributed by atoms with Crippen LogP contribution in [0.3, 0.4) is 0 Å². The van der Waals surface area contributed by atoms with Gasteiger partial charge in [-0.1, -0.05) is 60.7 Å². The van der Waals surface area contributed by atoms with Crippen LogP contribution in [0.15, 0.2) is 60.7 Å². The zero-order valence-electron chi connectivity index (χ0n) is 13.7. The molecule has 0 aliphatic rings. The average molecular weight is 365 g/mol. The molecule has 26 heavy (non-hydrogen) atoms. The van der Waals surface area contributed by atoms with Crippen LogP contribution in [0.1, 0.15) is 17.2 Å². The Morgan fingerprint density at radius 1 is 0.885 bits per heavy atom. The van der Waals surface area contributed by atoms with Gasteiger partial charge in [0.25, 0.3) is 0 Å². The van der Waals surface area contributed by atoms with Crippen molar-refractivity contribution in [2.24, 2.45) is 0 Å². The molecule has 8 heteroatoms. The van der Waals surface area contributed by atoms with E-state index in [0.29, 0.717) is 0 Å². The number of imide groups is 1. The van der Waals surface area contributed by atoms with Crippen LogP contribution in [0.4, 0.5) is 18.0 Å². The minimum absolute atomic E-state index is 0.242. The van der Waals surface area contributed by atoms with E-state index in [2.05, 4.69) is 5.32 Å². The van der Waals surface area contributed by atoms with Crippen LogP contribution in [0, 0.1) is 0 Å². The van der Waals surface area contributed by atoms with Crippen molar-refractivity contribution in [2.45, 2.75) is 12.2 Å². The SMILES string of the molecule is O=C(CNC(c1ccccc1)c1ccccc1)NC(=O)NCC(F)(F)F. The molecule has 0 bridgehead atoms.